The van der Waals surface area contributed by atoms with Crippen molar-refractivity contribution >= 4 is 17.8 Å². The standard InChI is InChI=1S/C14H22N6O3/c1-18-11(7-19-14(16)17)13(23)20-10(12(15)22)6-8-2-4-9(21)5-3-8/h2-5,10-11,18,21H,6-7H2,1H3,(H2,15,22)(H,20,23)(H4,16,17,19)/t10-,11-/m0/s1. The minimum Gasteiger partial charge on any atom is -0.508 e. The van der Waals surface area contributed by atoms with E-state index in [2.05, 4.69) is 15.6 Å². The van der Waals surface area contributed by atoms with E-state index >= 15 is 0 Å². The van der Waals surface area contributed by atoms with Gasteiger partial charge in [-0.3, -0.25) is 14.6 Å². The summed E-state index contributed by atoms with van der Waals surface area (Å²) >= 11 is 0. The molecule has 2 atom stereocenters. The molecule has 0 fully saturated rings. The fraction of sp³-hybridized carbons (Fsp3) is 0.357. The van der Waals surface area contributed by atoms with Crippen LogP contribution in [0.5, 0.6) is 5.75 Å². The maximum absolute atomic E-state index is 12.2. The van der Waals surface area contributed by atoms with Crippen molar-refractivity contribution in [1.29, 1.82) is 0 Å². The van der Waals surface area contributed by atoms with Crippen LogP contribution in [0.1, 0.15) is 5.56 Å². The van der Waals surface area contributed by atoms with E-state index in [1.54, 1.807) is 19.2 Å². The number of amides is 2. The first kappa shape index (κ1) is 18.2. The topological polar surface area (TPSA) is 169 Å². The lowest BCUT2D eigenvalue weighted by atomic mass is 10.0. The number of hydrogen-bond acceptors (Lipinski definition) is 5. The van der Waals surface area contributed by atoms with E-state index in [1.165, 1.54) is 12.1 Å². The van der Waals surface area contributed by atoms with Gasteiger partial charge in [-0.15, -0.1) is 0 Å². The SMILES string of the molecule is CN[C@@H](CN=C(N)N)C(=O)N[C@@H](Cc1ccc(O)cc1)C(N)=O. The van der Waals surface area contributed by atoms with Gasteiger partial charge in [0, 0.05) is 6.42 Å². The number of rotatable bonds is 8. The maximum atomic E-state index is 12.2. The molecule has 9 heteroatoms. The molecule has 0 aromatic heterocycles. The summed E-state index contributed by atoms with van der Waals surface area (Å²) in [5, 5.41) is 14.6. The minimum absolute atomic E-state index is 0.0371. The summed E-state index contributed by atoms with van der Waals surface area (Å²) in [6.45, 7) is 0.0371. The maximum Gasteiger partial charge on any atom is 0.240 e. The van der Waals surface area contributed by atoms with Gasteiger partial charge in [0.1, 0.15) is 17.8 Å². The van der Waals surface area contributed by atoms with Crippen LogP contribution in [-0.4, -0.2) is 48.6 Å². The zero-order valence-electron chi connectivity index (χ0n) is 12.8. The number of primary amides is 1. The van der Waals surface area contributed by atoms with Crippen LogP contribution in [0.15, 0.2) is 29.3 Å². The van der Waals surface area contributed by atoms with Gasteiger partial charge in [-0.1, -0.05) is 12.1 Å². The van der Waals surface area contributed by atoms with E-state index in [9.17, 15) is 14.7 Å². The summed E-state index contributed by atoms with van der Waals surface area (Å²) in [6, 6.07) is 4.69. The Bertz CT molecular complexity index is 568. The highest BCUT2D eigenvalue weighted by Gasteiger charge is 2.23. The van der Waals surface area contributed by atoms with Gasteiger partial charge < -0.3 is 32.9 Å². The van der Waals surface area contributed by atoms with Gasteiger partial charge in [-0.2, -0.15) is 0 Å². The van der Waals surface area contributed by atoms with Crippen molar-refractivity contribution in [3.63, 3.8) is 0 Å². The number of carbonyl (C=O) groups excluding carboxylic acids is 2. The Morgan fingerprint density at radius 1 is 1.17 bits per heavy atom. The molecule has 23 heavy (non-hydrogen) atoms. The number of nitrogens with zero attached hydrogens (tertiary/aromatic N) is 1. The summed E-state index contributed by atoms with van der Waals surface area (Å²) in [4.78, 5) is 27.5. The molecule has 0 aliphatic carbocycles. The molecule has 1 aromatic carbocycles. The summed E-state index contributed by atoms with van der Waals surface area (Å²) in [7, 11) is 1.58. The predicted molar refractivity (Wildman–Crippen MR) is 86.5 cm³/mol. The predicted octanol–water partition coefficient (Wildman–Crippen LogP) is -2.23. The second-order valence-corrected chi connectivity index (χ2v) is 4.94. The number of carbonyl (C=O) groups is 2. The second-order valence-electron chi connectivity index (χ2n) is 4.94. The van der Waals surface area contributed by atoms with Crippen molar-refractivity contribution in [2.45, 2.75) is 18.5 Å². The lowest BCUT2D eigenvalue weighted by Gasteiger charge is -2.19. The number of benzene rings is 1. The first-order valence-corrected chi connectivity index (χ1v) is 6.93. The highest BCUT2D eigenvalue weighted by molar-refractivity contribution is 5.89. The molecule has 0 aliphatic heterocycles. The van der Waals surface area contributed by atoms with E-state index in [-0.39, 0.29) is 24.7 Å². The third-order valence-electron chi connectivity index (χ3n) is 3.16. The number of nitrogens with two attached hydrogens (primary N) is 3. The minimum atomic E-state index is -0.887. The highest BCUT2D eigenvalue weighted by atomic mass is 16.3. The number of phenols is 1. The molecule has 9 N–H and O–H groups in total. The van der Waals surface area contributed by atoms with Gasteiger partial charge in [0.15, 0.2) is 5.96 Å². The quantitative estimate of drug-likeness (QED) is 0.234. The molecule has 0 heterocycles. The summed E-state index contributed by atoms with van der Waals surface area (Å²) in [6.07, 6.45) is 0.208. The number of nitrogens with one attached hydrogen (secondary N) is 2. The largest absolute Gasteiger partial charge is 0.508 e. The van der Waals surface area contributed by atoms with E-state index < -0.39 is 23.9 Å². The van der Waals surface area contributed by atoms with Gasteiger partial charge >= 0.3 is 0 Å². The Balaban J connectivity index is 2.74. The molecule has 0 saturated heterocycles. The van der Waals surface area contributed by atoms with Crippen LogP contribution in [0.4, 0.5) is 0 Å². The summed E-state index contributed by atoms with van der Waals surface area (Å²) < 4.78 is 0. The third kappa shape index (κ3) is 6.22. The molecule has 0 spiro atoms. The molecular weight excluding hydrogens is 300 g/mol. The van der Waals surface area contributed by atoms with E-state index in [0.717, 1.165) is 5.56 Å². The first-order chi connectivity index (χ1) is 10.8. The third-order valence-corrected chi connectivity index (χ3v) is 3.16. The van der Waals surface area contributed by atoms with Gasteiger partial charge in [-0.05, 0) is 24.7 Å². The molecular formula is C14H22N6O3. The second kappa shape index (κ2) is 8.59. The van der Waals surface area contributed by atoms with Crippen LogP contribution in [0.25, 0.3) is 0 Å². The van der Waals surface area contributed by atoms with Crippen molar-refractivity contribution < 1.29 is 14.7 Å². The summed E-state index contributed by atoms with van der Waals surface area (Å²) in [5.74, 6) is -1.13. The van der Waals surface area contributed by atoms with Crippen molar-refractivity contribution in [2.75, 3.05) is 13.6 Å². The monoisotopic (exact) mass is 322 g/mol. The average molecular weight is 322 g/mol. The molecule has 1 aromatic rings. The number of aliphatic imine (C=N–C) groups is 1. The zero-order chi connectivity index (χ0) is 17.4. The molecule has 0 radical (unpaired) electrons. The van der Waals surface area contributed by atoms with E-state index in [4.69, 9.17) is 17.2 Å². The number of guanidine groups is 1. The van der Waals surface area contributed by atoms with Gasteiger partial charge in [0.25, 0.3) is 0 Å². The highest BCUT2D eigenvalue weighted by Crippen LogP contribution is 2.11. The molecule has 0 aliphatic rings. The zero-order valence-corrected chi connectivity index (χ0v) is 12.8. The Morgan fingerprint density at radius 3 is 2.26 bits per heavy atom. The molecule has 1 rings (SSSR count). The van der Waals surface area contributed by atoms with E-state index in [0.29, 0.717) is 0 Å². The molecule has 2 amide bonds. The van der Waals surface area contributed by atoms with Crippen molar-refractivity contribution in [3.05, 3.63) is 29.8 Å². The van der Waals surface area contributed by atoms with Gasteiger partial charge in [0.2, 0.25) is 11.8 Å². The lowest BCUT2D eigenvalue weighted by Crippen LogP contribution is -2.53. The first-order valence-electron chi connectivity index (χ1n) is 6.93. The smallest absolute Gasteiger partial charge is 0.240 e. The number of phenolic OH excluding ortho intramolecular Hbond substituents is 1. The van der Waals surface area contributed by atoms with Crippen LogP contribution < -0.4 is 27.8 Å². The lowest BCUT2D eigenvalue weighted by molar-refractivity contribution is -0.128. The fourth-order valence-electron chi connectivity index (χ4n) is 1.86. The summed E-state index contributed by atoms with van der Waals surface area (Å²) in [5.41, 5.74) is 16.5. The Labute approximate surface area is 133 Å². The van der Waals surface area contributed by atoms with Crippen molar-refractivity contribution in [3.8, 4) is 5.75 Å². The van der Waals surface area contributed by atoms with Crippen LogP contribution >= 0.6 is 0 Å². The van der Waals surface area contributed by atoms with E-state index in [1.807, 2.05) is 0 Å². The van der Waals surface area contributed by atoms with Crippen LogP contribution in [0.3, 0.4) is 0 Å². The Kier molecular flexibility index (Phi) is 6.81. The molecule has 0 bridgehead atoms. The molecule has 9 nitrogen and oxygen atoms in total. The van der Waals surface area contributed by atoms with Crippen LogP contribution in [0, 0.1) is 0 Å². The number of hydrogen-bond donors (Lipinski definition) is 6. The van der Waals surface area contributed by atoms with Crippen LogP contribution in [0.2, 0.25) is 0 Å². The fourth-order valence-corrected chi connectivity index (χ4v) is 1.86. The van der Waals surface area contributed by atoms with Crippen molar-refractivity contribution in [2.24, 2.45) is 22.2 Å². The van der Waals surface area contributed by atoms with Gasteiger partial charge in [0.05, 0.1) is 6.54 Å². The number of likely N-dealkylation sites (N-methyl/N-ethyl adjacent to an activating group) is 1. The Morgan fingerprint density at radius 2 is 1.78 bits per heavy atom. The normalized spacial score (nSPS) is 12.9. The molecule has 0 saturated carbocycles. The average Bonchev–Trinajstić information content (AvgIpc) is 2.49. The molecule has 126 valence electrons. The number of aromatic hydroxyl groups is 1. The van der Waals surface area contributed by atoms with Crippen molar-refractivity contribution in [1.82, 2.24) is 10.6 Å². The Hall–Kier alpha value is -2.81. The molecule has 0 unspecified atom stereocenters. The van der Waals surface area contributed by atoms with Gasteiger partial charge in [-0.25, -0.2) is 0 Å². The van der Waals surface area contributed by atoms with Crippen LogP contribution in [-0.2, 0) is 16.0 Å².